The fourth-order valence-electron chi connectivity index (χ4n) is 3.23. The van der Waals surface area contributed by atoms with Gasteiger partial charge in [0.05, 0.1) is 0 Å². The first-order valence-corrected chi connectivity index (χ1v) is 8.28. The van der Waals surface area contributed by atoms with E-state index in [1.807, 2.05) is 12.1 Å². The van der Waals surface area contributed by atoms with Gasteiger partial charge in [0.1, 0.15) is 5.75 Å². The Hall–Kier alpha value is -0.866. The van der Waals surface area contributed by atoms with E-state index in [1.54, 1.807) is 12.1 Å². The van der Waals surface area contributed by atoms with Crippen LogP contribution in [-0.2, 0) is 38.8 Å². The summed E-state index contributed by atoms with van der Waals surface area (Å²) in [6, 6.07) is 12.0. The van der Waals surface area contributed by atoms with Crippen LogP contribution in [0.5, 0.6) is 5.75 Å². The number of alkyl halides is 2. The molecule has 5 heteroatoms. The van der Waals surface area contributed by atoms with E-state index in [0.29, 0.717) is 5.92 Å². The molecule has 0 heterocycles. The van der Waals surface area contributed by atoms with E-state index in [9.17, 15) is 13.2 Å². The van der Waals surface area contributed by atoms with Gasteiger partial charge in [-0.1, -0.05) is 31.9 Å². The summed E-state index contributed by atoms with van der Waals surface area (Å²) in [5.41, 5.74) is 0.641. The first-order chi connectivity index (χ1) is 11.4. The summed E-state index contributed by atoms with van der Waals surface area (Å²) in [6.45, 7) is 2.26. The summed E-state index contributed by atoms with van der Waals surface area (Å²) in [6.07, 6.45) is 1.10. The van der Waals surface area contributed by atoms with Gasteiger partial charge in [-0.05, 0) is 47.9 Å². The van der Waals surface area contributed by atoms with Gasteiger partial charge in [-0.3, -0.25) is 0 Å². The van der Waals surface area contributed by atoms with E-state index in [-0.39, 0.29) is 38.5 Å². The molecule has 0 aliphatic heterocycles. The molecule has 1 aliphatic carbocycles. The van der Waals surface area contributed by atoms with Crippen molar-refractivity contribution in [3.63, 3.8) is 0 Å². The van der Waals surface area contributed by atoms with E-state index >= 15 is 0 Å². The van der Waals surface area contributed by atoms with E-state index in [1.165, 1.54) is 12.8 Å². The molecule has 1 nitrogen and oxygen atoms in total. The third-order valence-corrected chi connectivity index (χ3v) is 4.72. The monoisotopic (exact) mass is 422 g/mol. The molecule has 1 aliphatic rings. The molecule has 1 fully saturated rings. The van der Waals surface area contributed by atoms with Gasteiger partial charge in [-0.2, -0.15) is 20.9 Å². The van der Waals surface area contributed by atoms with Crippen molar-refractivity contribution in [3.05, 3.63) is 65.5 Å². The summed E-state index contributed by atoms with van der Waals surface area (Å²) in [5.74, 6) is 0.499. The van der Waals surface area contributed by atoms with Gasteiger partial charge in [0.15, 0.2) is 0 Å². The summed E-state index contributed by atoms with van der Waals surface area (Å²) < 4.78 is 46.1. The Labute approximate surface area is 171 Å². The van der Waals surface area contributed by atoms with Crippen molar-refractivity contribution in [2.24, 2.45) is 5.92 Å². The van der Waals surface area contributed by atoms with E-state index in [0.717, 1.165) is 42.5 Å². The zero-order valence-electron chi connectivity index (χ0n) is 14.1. The number of benzene rings is 2. The Bertz CT molecular complexity index is 680. The van der Waals surface area contributed by atoms with E-state index < -0.39 is 17.5 Å². The summed E-state index contributed by atoms with van der Waals surface area (Å²) in [5, 5.41) is 0. The van der Waals surface area contributed by atoms with Crippen molar-refractivity contribution in [1.29, 1.82) is 0 Å². The molecule has 128 valence electrons. The first-order valence-electron chi connectivity index (χ1n) is 8.28. The van der Waals surface area contributed by atoms with Gasteiger partial charge in [0.25, 0.3) is 0 Å². The van der Waals surface area contributed by atoms with Gasteiger partial charge in [-0.15, -0.1) is 12.1 Å². The topological polar surface area (TPSA) is 9.23 Å². The Kier molecular flexibility index (Phi) is 7.10. The van der Waals surface area contributed by atoms with Crippen LogP contribution >= 0.6 is 0 Å². The molecule has 0 N–H and O–H groups in total. The Morgan fingerprint density at radius 2 is 1.68 bits per heavy atom. The van der Waals surface area contributed by atoms with Gasteiger partial charge < -0.3 is 4.74 Å². The van der Waals surface area contributed by atoms with Crippen molar-refractivity contribution < 1.29 is 50.6 Å². The molecule has 0 spiro atoms. The van der Waals surface area contributed by atoms with Gasteiger partial charge in [-0.25, -0.2) is 4.39 Å². The molecule has 0 atom stereocenters. The molecule has 0 radical (unpaired) electrons. The Morgan fingerprint density at radius 1 is 1.04 bits per heavy atom. The molecular weight excluding hydrogens is 402 g/mol. The summed E-state index contributed by atoms with van der Waals surface area (Å²) in [4.78, 5) is 0. The van der Waals surface area contributed by atoms with Crippen molar-refractivity contribution in [2.75, 3.05) is 0 Å². The molecule has 2 aromatic rings. The van der Waals surface area contributed by atoms with Crippen molar-refractivity contribution in [1.82, 2.24) is 0 Å². The largest absolute Gasteiger partial charge is 3.00 e. The van der Waals surface area contributed by atoms with Crippen molar-refractivity contribution in [2.45, 2.75) is 44.6 Å². The number of rotatable bonds is 4. The quantitative estimate of drug-likeness (QED) is 0.546. The zero-order chi connectivity index (χ0) is 17.2. The van der Waals surface area contributed by atoms with Gasteiger partial charge >= 0.3 is 38.8 Å². The molecule has 2 aromatic carbocycles. The standard InChI is InChI=1S/C20H20F3O.Y/c1-14-5-7-15(8-6-14)16-9-11-19(12-10-16)24-20(22,23)17-3-2-4-18(21)13-17;/h2-3,9-15H,5-8H2,1H3;/q-1;+3. The smallest absolute Gasteiger partial charge is 0.430 e. The van der Waals surface area contributed by atoms with Crippen molar-refractivity contribution >= 4 is 0 Å². The summed E-state index contributed by atoms with van der Waals surface area (Å²) >= 11 is 0. The normalized spacial score (nSPS) is 20.6. The van der Waals surface area contributed by atoms with E-state index in [2.05, 4.69) is 13.0 Å². The average Bonchev–Trinajstić information content (AvgIpc) is 2.56. The molecule has 0 unspecified atom stereocenters. The molecule has 25 heavy (non-hydrogen) atoms. The maximum Gasteiger partial charge on any atom is 3.00 e. The first kappa shape index (κ1) is 20.4. The second-order valence-electron chi connectivity index (χ2n) is 6.57. The number of hydrogen-bond acceptors (Lipinski definition) is 1. The third kappa shape index (κ3) is 5.30. The predicted molar refractivity (Wildman–Crippen MR) is 86.6 cm³/mol. The fraction of sp³-hybridized carbons (Fsp3) is 0.400. The maximum atomic E-state index is 14.1. The van der Waals surface area contributed by atoms with Crippen LogP contribution in [0.25, 0.3) is 0 Å². The van der Waals surface area contributed by atoms with Gasteiger partial charge in [0.2, 0.25) is 0 Å². The van der Waals surface area contributed by atoms with Crippen molar-refractivity contribution in [3.8, 4) is 5.75 Å². The minimum absolute atomic E-state index is 0. The van der Waals surface area contributed by atoms with Crippen LogP contribution in [0.15, 0.2) is 42.5 Å². The molecule has 0 aromatic heterocycles. The molecular formula is C20H20F3OY+2. The number of ether oxygens (including phenoxy) is 1. The third-order valence-electron chi connectivity index (χ3n) is 4.72. The SMILES string of the molecule is CC1CCC(c2ccc(OC(F)(F)c3cc[c-]c(F)c3)cc2)CC1.[Y+3]. The minimum atomic E-state index is -3.59. The van der Waals surface area contributed by atoms with Crippen LogP contribution in [0.3, 0.4) is 0 Å². The molecule has 0 bridgehead atoms. The maximum absolute atomic E-state index is 14.1. The second-order valence-corrected chi connectivity index (χ2v) is 6.57. The summed E-state index contributed by atoms with van der Waals surface area (Å²) in [7, 11) is 0. The molecule has 1 saturated carbocycles. The van der Waals surface area contributed by atoms with Crippen LogP contribution in [0.2, 0.25) is 0 Å². The van der Waals surface area contributed by atoms with Crippen LogP contribution in [0, 0.1) is 17.8 Å². The van der Waals surface area contributed by atoms with Crippen LogP contribution < -0.4 is 4.74 Å². The van der Waals surface area contributed by atoms with Crippen LogP contribution in [-0.4, -0.2) is 0 Å². The van der Waals surface area contributed by atoms with Gasteiger partial charge in [0, 0.05) is 5.82 Å². The second kappa shape index (κ2) is 8.68. The van der Waals surface area contributed by atoms with Crippen LogP contribution in [0.1, 0.15) is 49.7 Å². The number of hydrogen-bond donors (Lipinski definition) is 0. The zero-order valence-corrected chi connectivity index (χ0v) is 17.0. The Morgan fingerprint density at radius 3 is 2.28 bits per heavy atom. The molecule has 0 saturated heterocycles. The minimum Gasteiger partial charge on any atom is -0.430 e. The average molecular weight is 422 g/mol. The molecule has 0 amide bonds. The predicted octanol–water partition coefficient (Wildman–Crippen LogP) is 6.05. The Balaban J connectivity index is 0.00000225. The molecule has 3 rings (SSSR count). The van der Waals surface area contributed by atoms with Crippen LogP contribution in [0.4, 0.5) is 13.2 Å². The fourth-order valence-corrected chi connectivity index (χ4v) is 3.23. The van der Waals surface area contributed by atoms with E-state index in [4.69, 9.17) is 4.74 Å². The number of halogens is 3.